The van der Waals surface area contributed by atoms with Crippen LogP contribution in [0.15, 0.2) is 33.9 Å². The van der Waals surface area contributed by atoms with Crippen LogP contribution in [0.1, 0.15) is 51.0 Å². The van der Waals surface area contributed by atoms with Crippen molar-refractivity contribution in [2.45, 2.75) is 51.7 Å². The molecule has 0 bridgehead atoms. The van der Waals surface area contributed by atoms with Gasteiger partial charge in [-0.25, -0.2) is 14.6 Å². The highest BCUT2D eigenvalue weighted by Crippen LogP contribution is 2.29. The van der Waals surface area contributed by atoms with Crippen LogP contribution in [0.4, 0.5) is 4.79 Å². The Morgan fingerprint density at radius 3 is 2.68 bits per heavy atom. The first-order chi connectivity index (χ1) is 17.4. The van der Waals surface area contributed by atoms with Gasteiger partial charge in [0.15, 0.2) is 11.2 Å². The smallest absolute Gasteiger partial charge is 0.410 e. The van der Waals surface area contributed by atoms with Crippen molar-refractivity contribution in [2.75, 3.05) is 13.1 Å². The van der Waals surface area contributed by atoms with Crippen LogP contribution in [0.2, 0.25) is 5.02 Å². The second-order valence-corrected chi connectivity index (χ2v) is 11.1. The van der Waals surface area contributed by atoms with Gasteiger partial charge in [-0.2, -0.15) is 0 Å². The van der Waals surface area contributed by atoms with Gasteiger partial charge < -0.3 is 19.2 Å². The first-order valence-electron chi connectivity index (χ1n) is 12.3. The number of hydrogen-bond donors (Lipinski definition) is 1. The molecule has 37 heavy (non-hydrogen) atoms. The topological polar surface area (TPSA) is 107 Å². The van der Waals surface area contributed by atoms with E-state index in [1.165, 1.54) is 9.13 Å². The van der Waals surface area contributed by atoms with Crippen LogP contribution < -0.4 is 11.2 Å². The molecule has 1 unspecified atom stereocenters. The molecule has 0 aliphatic carbocycles. The Morgan fingerprint density at radius 2 is 1.97 bits per heavy atom. The van der Waals surface area contributed by atoms with Crippen LogP contribution in [-0.4, -0.2) is 53.4 Å². The van der Waals surface area contributed by atoms with Crippen molar-refractivity contribution in [3.05, 3.63) is 61.6 Å². The first-order valence-corrected chi connectivity index (χ1v) is 12.7. The molecule has 1 amide bonds. The Balaban J connectivity index is 1.52. The Bertz CT molecular complexity index is 1640. The molecule has 1 fully saturated rings. The second-order valence-electron chi connectivity index (χ2n) is 10.7. The summed E-state index contributed by atoms with van der Waals surface area (Å²) in [4.78, 5) is 49.2. The number of nitrogens with zero attached hydrogens (tertiary/aromatic N) is 5. The summed E-state index contributed by atoms with van der Waals surface area (Å²) >= 11 is 6.30. The summed E-state index contributed by atoms with van der Waals surface area (Å²) in [6.07, 6.45) is 1.25. The SMILES string of the molecule is Cn1c(C2CCCN(C(=O)OC(C)(C)C)C2)nc2c1c(=O)n(Cc1cc3c(Cl)cccc3[nH]1)c(=O)n2C. The number of carbonyl (C=O) groups is 1. The number of piperidine rings is 1. The Morgan fingerprint density at radius 1 is 1.22 bits per heavy atom. The molecule has 10 nitrogen and oxygen atoms in total. The molecule has 0 radical (unpaired) electrons. The number of halogens is 1. The van der Waals surface area contributed by atoms with E-state index >= 15 is 0 Å². The fourth-order valence-electron chi connectivity index (χ4n) is 5.08. The molecule has 1 aliphatic heterocycles. The van der Waals surface area contributed by atoms with Gasteiger partial charge in [-0.3, -0.25) is 13.9 Å². The number of H-pyrrole nitrogens is 1. The number of rotatable bonds is 3. The highest BCUT2D eigenvalue weighted by molar-refractivity contribution is 6.35. The van der Waals surface area contributed by atoms with E-state index in [9.17, 15) is 14.4 Å². The van der Waals surface area contributed by atoms with Crippen molar-refractivity contribution in [1.29, 1.82) is 0 Å². The van der Waals surface area contributed by atoms with Gasteiger partial charge in [0.1, 0.15) is 11.4 Å². The number of aryl methyl sites for hydroxylation is 2. The normalized spacial score (nSPS) is 16.6. The van der Waals surface area contributed by atoms with Gasteiger partial charge in [-0.15, -0.1) is 0 Å². The van der Waals surface area contributed by atoms with Gasteiger partial charge >= 0.3 is 11.8 Å². The minimum absolute atomic E-state index is 0.0722. The third kappa shape index (κ3) is 4.54. The number of imidazole rings is 1. The summed E-state index contributed by atoms with van der Waals surface area (Å²) in [5, 5.41) is 1.43. The summed E-state index contributed by atoms with van der Waals surface area (Å²) in [7, 11) is 3.41. The van der Waals surface area contributed by atoms with Crippen LogP contribution in [0.5, 0.6) is 0 Å². The number of benzene rings is 1. The summed E-state index contributed by atoms with van der Waals surface area (Å²) in [6, 6.07) is 7.39. The van der Waals surface area contributed by atoms with Crippen LogP contribution in [0, 0.1) is 0 Å². The lowest BCUT2D eigenvalue weighted by Crippen LogP contribution is -2.42. The summed E-state index contributed by atoms with van der Waals surface area (Å²) < 4.78 is 9.93. The third-order valence-corrected chi connectivity index (χ3v) is 7.16. The number of aromatic nitrogens is 5. The van der Waals surface area contributed by atoms with Crippen molar-refractivity contribution in [2.24, 2.45) is 14.1 Å². The number of likely N-dealkylation sites (tertiary alicyclic amines) is 1. The average Bonchev–Trinajstić information content (AvgIpc) is 3.41. The number of aromatic amines is 1. The maximum Gasteiger partial charge on any atom is 0.410 e. The molecule has 4 aromatic rings. The molecular formula is C26H31ClN6O4. The van der Waals surface area contributed by atoms with Gasteiger partial charge in [0.2, 0.25) is 0 Å². The maximum atomic E-state index is 13.6. The lowest BCUT2D eigenvalue weighted by molar-refractivity contribution is 0.0195. The molecule has 11 heteroatoms. The largest absolute Gasteiger partial charge is 0.444 e. The molecule has 5 rings (SSSR count). The molecule has 3 aromatic heterocycles. The number of ether oxygens (including phenoxy) is 1. The van der Waals surface area contributed by atoms with Gasteiger partial charge in [0.25, 0.3) is 5.56 Å². The van der Waals surface area contributed by atoms with Crippen molar-refractivity contribution in [1.82, 2.24) is 28.6 Å². The zero-order chi connectivity index (χ0) is 26.6. The zero-order valence-electron chi connectivity index (χ0n) is 21.7. The maximum absolute atomic E-state index is 13.6. The average molecular weight is 527 g/mol. The van der Waals surface area contributed by atoms with Gasteiger partial charge in [0, 0.05) is 54.7 Å². The standard InChI is InChI=1S/C26H31ClN6O4/c1-26(2,3)37-25(36)32-11-7-8-15(13-32)21-29-22-20(30(21)4)23(34)33(24(35)31(22)5)14-16-12-17-18(27)9-6-10-19(17)28-16/h6,9-10,12,15,28H,7-8,11,13-14H2,1-5H3. The summed E-state index contributed by atoms with van der Waals surface area (Å²) in [5.74, 6) is 0.586. The quantitative estimate of drug-likeness (QED) is 0.437. The highest BCUT2D eigenvalue weighted by Gasteiger charge is 2.31. The van der Waals surface area contributed by atoms with Crippen LogP contribution in [0.25, 0.3) is 22.1 Å². The van der Waals surface area contributed by atoms with E-state index in [1.54, 1.807) is 29.6 Å². The van der Waals surface area contributed by atoms with E-state index in [4.69, 9.17) is 21.3 Å². The minimum Gasteiger partial charge on any atom is -0.444 e. The van der Waals surface area contributed by atoms with Crippen molar-refractivity contribution in [3.63, 3.8) is 0 Å². The highest BCUT2D eigenvalue weighted by atomic mass is 35.5. The summed E-state index contributed by atoms with van der Waals surface area (Å²) in [6.45, 7) is 6.64. The first kappa shape index (κ1) is 25.1. The fourth-order valence-corrected chi connectivity index (χ4v) is 5.31. The molecule has 4 heterocycles. The molecule has 0 spiro atoms. The van der Waals surface area contributed by atoms with Crippen LogP contribution >= 0.6 is 11.6 Å². The lowest BCUT2D eigenvalue weighted by atomic mass is 9.97. The predicted molar refractivity (Wildman–Crippen MR) is 142 cm³/mol. The van der Waals surface area contributed by atoms with E-state index < -0.39 is 16.9 Å². The molecule has 1 saturated heterocycles. The van der Waals surface area contributed by atoms with E-state index in [-0.39, 0.29) is 18.6 Å². The minimum atomic E-state index is -0.582. The Kier molecular flexibility index (Phi) is 6.18. The predicted octanol–water partition coefficient (Wildman–Crippen LogP) is 3.73. The number of amides is 1. The molecular weight excluding hydrogens is 496 g/mol. The van der Waals surface area contributed by atoms with Crippen LogP contribution in [0.3, 0.4) is 0 Å². The molecule has 1 atom stereocenters. The van der Waals surface area contributed by atoms with E-state index in [2.05, 4.69) is 4.98 Å². The number of nitrogens with one attached hydrogen (secondary N) is 1. The monoisotopic (exact) mass is 526 g/mol. The van der Waals surface area contributed by atoms with Gasteiger partial charge in [0.05, 0.1) is 6.54 Å². The number of carbonyl (C=O) groups excluding carboxylic acids is 1. The van der Waals surface area contributed by atoms with Crippen molar-refractivity contribution >= 4 is 39.8 Å². The summed E-state index contributed by atoms with van der Waals surface area (Å²) in [5.41, 5.74) is 0.766. The molecule has 0 saturated carbocycles. The Hall–Kier alpha value is -3.53. The zero-order valence-corrected chi connectivity index (χ0v) is 22.4. The molecule has 196 valence electrons. The second kappa shape index (κ2) is 9.09. The third-order valence-electron chi connectivity index (χ3n) is 6.83. The van der Waals surface area contributed by atoms with Crippen LogP contribution in [-0.2, 0) is 25.4 Å². The van der Waals surface area contributed by atoms with Crippen molar-refractivity contribution < 1.29 is 9.53 Å². The number of hydrogen-bond acceptors (Lipinski definition) is 5. The van der Waals surface area contributed by atoms with E-state index in [0.717, 1.165) is 23.7 Å². The van der Waals surface area contributed by atoms with Gasteiger partial charge in [-0.05, 0) is 51.8 Å². The fraction of sp³-hybridized carbons (Fsp3) is 0.462. The molecule has 1 aromatic carbocycles. The van der Waals surface area contributed by atoms with E-state index in [1.807, 2.05) is 39.0 Å². The number of fused-ring (bicyclic) bond motifs is 2. The Labute approximate surface area is 218 Å². The van der Waals surface area contributed by atoms with E-state index in [0.29, 0.717) is 40.8 Å². The molecule has 1 aliphatic rings. The van der Waals surface area contributed by atoms with Gasteiger partial charge in [-0.1, -0.05) is 17.7 Å². The lowest BCUT2D eigenvalue weighted by Gasteiger charge is -2.33. The molecule has 1 N–H and O–H groups in total. The van der Waals surface area contributed by atoms with Crippen molar-refractivity contribution in [3.8, 4) is 0 Å².